The minimum Gasteiger partial charge on any atom is -0.493 e. The van der Waals surface area contributed by atoms with Gasteiger partial charge in [-0.2, -0.15) is 0 Å². The average Bonchev–Trinajstić information content (AvgIpc) is 2.53. The molecule has 0 aliphatic carbocycles. The summed E-state index contributed by atoms with van der Waals surface area (Å²) in [6, 6.07) is 3.40. The summed E-state index contributed by atoms with van der Waals surface area (Å²) in [6.07, 6.45) is 2.31. The summed E-state index contributed by atoms with van der Waals surface area (Å²) >= 11 is 0. The first kappa shape index (κ1) is 18.2. The van der Waals surface area contributed by atoms with E-state index in [-0.39, 0.29) is 5.91 Å². The van der Waals surface area contributed by atoms with Crippen LogP contribution in [0.2, 0.25) is 0 Å². The topological polar surface area (TPSA) is 64.6 Å². The van der Waals surface area contributed by atoms with Gasteiger partial charge in [0.25, 0.3) is 5.91 Å². The summed E-state index contributed by atoms with van der Waals surface area (Å²) in [4.78, 5) is 12.2. The normalized spacial score (nSPS) is 11.6. The molecule has 0 aromatic heterocycles. The molecule has 1 amide bonds. The van der Waals surface area contributed by atoms with Crippen LogP contribution in [-0.4, -0.2) is 42.4 Å². The number of hydrogen-bond acceptors (Lipinski definition) is 4. The van der Waals surface area contributed by atoms with E-state index in [1.807, 2.05) is 6.92 Å². The first-order chi connectivity index (χ1) is 10.6. The van der Waals surface area contributed by atoms with Crippen LogP contribution >= 0.6 is 0 Å². The van der Waals surface area contributed by atoms with Crippen LogP contribution in [0.4, 0.5) is 0 Å². The van der Waals surface area contributed by atoms with Gasteiger partial charge in [0, 0.05) is 40.0 Å². The van der Waals surface area contributed by atoms with E-state index in [2.05, 4.69) is 11.9 Å². The molecule has 0 saturated heterocycles. The zero-order valence-electron chi connectivity index (χ0n) is 13.3. The predicted octanol–water partition coefficient (Wildman–Crippen LogP) is 1.93. The monoisotopic (exact) mass is 325 g/mol. The molecule has 0 unspecified atom stereocenters. The Morgan fingerprint density at radius 2 is 2.09 bits per heavy atom. The van der Waals surface area contributed by atoms with Gasteiger partial charge < -0.3 is 14.8 Å². The van der Waals surface area contributed by atoms with E-state index in [1.165, 1.54) is 7.11 Å². The number of carbonyl (C=O) groups excluding carboxylic acids is 1. The van der Waals surface area contributed by atoms with Crippen LogP contribution in [0, 0.1) is 0 Å². The van der Waals surface area contributed by atoms with Crippen molar-refractivity contribution in [1.82, 2.24) is 5.32 Å². The Bertz CT molecular complexity index is 557. The highest BCUT2D eigenvalue weighted by Crippen LogP contribution is 2.33. The van der Waals surface area contributed by atoms with Crippen molar-refractivity contribution >= 4 is 16.7 Å². The molecule has 5 nitrogen and oxygen atoms in total. The van der Waals surface area contributed by atoms with E-state index < -0.39 is 10.8 Å². The zero-order valence-corrected chi connectivity index (χ0v) is 14.1. The molecular weight excluding hydrogens is 302 g/mol. The molecule has 1 aromatic carbocycles. The van der Waals surface area contributed by atoms with E-state index in [9.17, 15) is 9.00 Å². The lowest BCUT2D eigenvalue weighted by molar-refractivity contribution is 0.0955. The van der Waals surface area contributed by atoms with Crippen LogP contribution in [0.25, 0.3) is 0 Å². The molecule has 0 fully saturated rings. The van der Waals surface area contributed by atoms with Crippen LogP contribution in [0.3, 0.4) is 0 Å². The van der Waals surface area contributed by atoms with E-state index in [0.29, 0.717) is 41.5 Å². The van der Waals surface area contributed by atoms with Crippen LogP contribution < -0.4 is 14.8 Å². The fraction of sp³-hybridized carbons (Fsp3) is 0.438. The molecule has 1 rings (SSSR count). The maximum absolute atomic E-state index is 12.2. The molecule has 1 aromatic rings. The third kappa shape index (κ3) is 4.87. The van der Waals surface area contributed by atoms with Crippen molar-refractivity contribution in [3.05, 3.63) is 35.9 Å². The van der Waals surface area contributed by atoms with Gasteiger partial charge in [-0.05, 0) is 18.6 Å². The lowest BCUT2D eigenvalue weighted by Crippen LogP contribution is -2.28. The molecule has 0 saturated carbocycles. The molecule has 22 heavy (non-hydrogen) atoms. The first-order valence-electron chi connectivity index (χ1n) is 7.06. The fourth-order valence-electron chi connectivity index (χ4n) is 2.01. The number of carbonyl (C=O) groups is 1. The molecule has 0 bridgehead atoms. The summed E-state index contributed by atoms with van der Waals surface area (Å²) in [5.74, 6) is 1.93. The second-order valence-corrected chi connectivity index (χ2v) is 6.42. The Morgan fingerprint density at radius 1 is 1.36 bits per heavy atom. The van der Waals surface area contributed by atoms with Crippen LogP contribution in [-0.2, 0) is 17.2 Å². The number of allylic oxidation sites excluding steroid dienone is 1. The second-order valence-electron chi connectivity index (χ2n) is 4.55. The fourth-order valence-corrected chi connectivity index (χ4v) is 2.62. The van der Waals surface area contributed by atoms with Crippen LogP contribution in [0.15, 0.2) is 24.8 Å². The standard InChI is InChI=1S/C16H23NO4S/c1-5-7-12-10-13(11-14(20-3)15(12)21-4)16(18)17-8-9-22(19)6-2/h5,10-11H,1,6-9H2,2-4H3,(H,17,18)/t22-/m1/s1. The number of rotatable bonds is 9. The van der Waals surface area contributed by atoms with Crippen molar-refractivity contribution in [2.75, 3.05) is 32.3 Å². The Kier molecular flexibility index (Phi) is 7.66. The van der Waals surface area contributed by atoms with E-state index >= 15 is 0 Å². The first-order valence-corrected chi connectivity index (χ1v) is 8.55. The molecular formula is C16H23NO4S. The molecule has 0 radical (unpaired) electrons. The van der Waals surface area contributed by atoms with Crippen LogP contribution in [0.5, 0.6) is 11.5 Å². The Balaban J connectivity index is 2.93. The van der Waals surface area contributed by atoms with Crippen molar-refractivity contribution < 1.29 is 18.5 Å². The Hall–Kier alpha value is -1.82. The maximum atomic E-state index is 12.2. The van der Waals surface area contributed by atoms with E-state index in [0.717, 1.165) is 5.56 Å². The van der Waals surface area contributed by atoms with Gasteiger partial charge in [-0.1, -0.05) is 13.0 Å². The second kappa shape index (κ2) is 9.25. The summed E-state index contributed by atoms with van der Waals surface area (Å²) in [6.45, 7) is 5.94. The number of nitrogens with one attached hydrogen (secondary N) is 1. The summed E-state index contributed by atoms with van der Waals surface area (Å²) in [5.41, 5.74) is 1.32. The number of amides is 1. The van der Waals surface area contributed by atoms with Crippen molar-refractivity contribution in [2.24, 2.45) is 0 Å². The highest BCUT2D eigenvalue weighted by Gasteiger charge is 2.15. The van der Waals surface area contributed by atoms with Crippen molar-refractivity contribution in [3.63, 3.8) is 0 Å². The van der Waals surface area contributed by atoms with E-state index in [1.54, 1.807) is 25.3 Å². The highest BCUT2D eigenvalue weighted by atomic mass is 32.2. The molecule has 0 heterocycles. The number of methoxy groups -OCH3 is 2. The minimum atomic E-state index is -0.891. The van der Waals surface area contributed by atoms with Gasteiger partial charge in [0.2, 0.25) is 0 Å². The molecule has 1 N–H and O–H groups in total. The summed E-state index contributed by atoms with van der Waals surface area (Å²) in [7, 11) is 2.20. The van der Waals surface area contributed by atoms with Gasteiger partial charge in [0.1, 0.15) is 0 Å². The SMILES string of the molecule is C=CCc1cc(C(=O)NCC[S@](=O)CC)cc(OC)c1OC. The van der Waals surface area contributed by atoms with E-state index in [4.69, 9.17) is 9.47 Å². The lowest BCUT2D eigenvalue weighted by Gasteiger charge is -2.14. The minimum absolute atomic E-state index is 0.223. The molecule has 0 aliphatic heterocycles. The predicted molar refractivity (Wildman–Crippen MR) is 89.3 cm³/mol. The molecule has 1 atom stereocenters. The molecule has 0 spiro atoms. The van der Waals surface area contributed by atoms with Gasteiger partial charge >= 0.3 is 0 Å². The Labute approximate surface area is 134 Å². The van der Waals surface area contributed by atoms with Crippen LogP contribution in [0.1, 0.15) is 22.8 Å². The van der Waals surface area contributed by atoms with Crippen molar-refractivity contribution in [2.45, 2.75) is 13.3 Å². The number of hydrogen-bond donors (Lipinski definition) is 1. The van der Waals surface area contributed by atoms with Crippen molar-refractivity contribution in [3.8, 4) is 11.5 Å². The van der Waals surface area contributed by atoms with Crippen molar-refractivity contribution in [1.29, 1.82) is 0 Å². The largest absolute Gasteiger partial charge is 0.493 e. The molecule has 6 heteroatoms. The van der Waals surface area contributed by atoms with Gasteiger partial charge in [0.15, 0.2) is 11.5 Å². The summed E-state index contributed by atoms with van der Waals surface area (Å²) in [5, 5.41) is 2.77. The Morgan fingerprint density at radius 3 is 2.64 bits per heavy atom. The lowest BCUT2D eigenvalue weighted by atomic mass is 10.0. The van der Waals surface area contributed by atoms with Gasteiger partial charge in [-0.15, -0.1) is 6.58 Å². The zero-order chi connectivity index (χ0) is 16.5. The quantitative estimate of drug-likeness (QED) is 0.705. The number of benzene rings is 1. The van der Waals surface area contributed by atoms with Gasteiger partial charge in [-0.3, -0.25) is 9.00 Å². The smallest absolute Gasteiger partial charge is 0.251 e. The summed E-state index contributed by atoms with van der Waals surface area (Å²) < 4.78 is 22.0. The average molecular weight is 325 g/mol. The highest BCUT2D eigenvalue weighted by molar-refractivity contribution is 7.84. The van der Waals surface area contributed by atoms with Gasteiger partial charge in [-0.25, -0.2) is 0 Å². The molecule has 122 valence electrons. The maximum Gasteiger partial charge on any atom is 0.251 e. The molecule has 0 aliphatic rings. The number of ether oxygens (including phenoxy) is 2. The third-order valence-corrected chi connectivity index (χ3v) is 4.42. The van der Waals surface area contributed by atoms with Gasteiger partial charge in [0.05, 0.1) is 14.2 Å². The third-order valence-electron chi connectivity index (χ3n) is 3.12.